The van der Waals surface area contributed by atoms with Gasteiger partial charge in [0, 0.05) is 24.8 Å². The van der Waals surface area contributed by atoms with Gasteiger partial charge in [0.2, 0.25) is 0 Å². The summed E-state index contributed by atoms with van der Waals surface area (Å²) in [5.41, 5.74) is 6.74. The van der Waals surface area contributed by atoms with E-state index in [4.69, 9.17) is 5.73 Å². The molecule has 0 spiro atoms. The molecule has 1 fully saturated rings. The first-order chi connectivity index (χ1) is 14.0. The molecule has 152 valence electrons. The zero-order chi connectivity index (χ0) is 20.5. The Balaban J connectivity index is 1.62. The third-order valence-corrected chi connectivity index (χ3v) is 5.21. The largest absolute Gasteiger partial charge is 0.477 e. The van der Waals surface area contributed by atoms with Crippen LogP contribution in [0, 0.1) is 11.7 Å². The number of rotatable bonds is 6. The van der Waals surface area contributed by atoms with Crippen LogP contribution in [0.25, 0.3) is 5.65 Å². The fourth-order valence-electron chi connectivity index (χ4n) is 3.65. The summed E-state index contributed by atoms with van der Waals surface area (Å²) in [5.74, 6) is 0.0685. The summed E-state index contributed by atoms with van der Waals surface area (Å²) >= 11 is 0. The predicted molar refractivity (Wildman–Crippen MR) is 106 cm³/mol. The minimum Gasteiger partial charge on any atom is -0.477 e. The maximum atomic E-state index is 14.0. The van der Waals surface area contributed by atoms with Crippen molar-refractivity contribution in [3.8, 4) is 0 Å². The fraction of sp³-hybridized carbons (Fsp3) is 0.368. The molecular formula is C19H22FN7O2. The lowest BCUT2D eigenvalue weighted by molar-refractivity contribution is 0.0698. The normalized spacial score (nSPS) is 17.6. The van der Waals surface area contributed by atoms with E-state index in [0.717, 1.165) is 25.3 Å². The Bertz CT molecular complexity index is 1050. The monoisotopic (exact) mass is 399 g/mol. The summed E-state index contributed by atoms with van der Waals surface area (Å²) in [5, 5.41) is 16.5. The topological polar surface area (TPSA) is 122 Å². The van der Waals surface area contributed by atoms with Crippen LogP contribution in [0.3, 0.4) is 0 Å². The lowest BCUT2D eigenvalue weighted by Gasteiger charge is -2.24. The standard InChI is InChI=1S/C19H22FN7O2/c1-11(24-16-3-5-27-18(25-16)15(9-23-27)19(28)29)14-6-13(20)8-22-17(14)26-4-2-12(7-21)10-26/h3,5-6,8-9,11-12H,2,4,7,10,21H2,1H3,(H,24,25)(H,28,29). The van der Waals surface area contributed by atoms with E-state index in [1.807, 2.05) is 6.92 Å². The minimum atomic E-state index is -1.10. The van der Waals surface area contributed by atoms with Crippen LogP contribution < -0.4 is 16.0 Å². The van der Waals surface area contributed by atoms with E-state index in [1.54, 1.807) is 12.3 Å². The van der Waals surface area contributed by atoms with Crippen molar-refractivity contribution in [2.75, 3.05) is 29.9 Å². The molecule has 0 radical (unpaired) electrons. The molecule has 3 aromatic rings. The number of nitrogens with one attached hydrogen (secondary N) is 1. The summed E-state index contributed by atoms with van der Waals surface area (Å²) in [6.07, 6.45) is 5.08. The first-order valence-electron chi connectivity index (χ1n) is 9.41. The Morgan fingerprint density at radius 3 is 3.03 bits per heavy atom. The molecule has 1 saturated heterocycles. The van der Waals surface area contributed by atoms with Gasteiger partial charge in [-0.05, 0) is 37.9 Å². The summed E-state index contributed by atoms with van der Waals surface area (Å²) < 4.78 is 15.4. The number of hydrogen-bond acceptors (Lipinski definition) is 7. The first kappa shape index (κ1) is 19.1. The molecule has 1 aliphatic heterocycles. The third-order valence-electron chi connectivity index (χ3n) is 5.21. The quantitative estimate of drug-likeness (QED) is 0.575. The van der Waals surface area contributed by atoms with Gasteiger partial charge in [0.15, 0.2) is 5.65 Å². The number of carboxylic acids is 1. The molecule has 4 heterocycles. The lowest BCUT2D eigenvalue weighted by Crippen LogP contribution is -2.26. The predicted octanol–water partition coefficient (Wildman–Crippen LogP) is 1.92. The van der Waals surface area contributed by atoms with E-state index in [-0.39, 0.29) is 17.3 Å². The Morgan fingerprint density at radius 2 is 2.31 bits per heavy atom. The van der Waals surface area contributed by atoms with Crippen molar-refractivity contribution in [2.24, 2.45) is 11.7 Å². The van der Waals surface area contributed by atoms with Crippen LogP contribution >= 0.6 is 0 Å². The van der Waals surface area contributed by atoms with Crippen molar-refractivity contribution in [2.45, 2.75) is 19.4 Å². The number of fused-ring (bicyclic) bond motifs is 1. The summed E-state index contributed by atoms with van der Waals surface area (Å²) in [7, 11) is 0. The first-order valence-corrected chi connectivity index (χ1v) is 9.41. The Kier molecular flexibility index (Phi) is 5.01. The van der Waals surface area contributed by atoms with Gasteiger partial charge in [-0.15, -0.1) is 0 Å². The Hall–Kier alpha value is -3.27. The minimum absolute atomic E-state index is 0.0132. The number of anilines is 2. The summed E-state index contributed by atoms with van der Waals surface area (Å²) in [4.78, 5) is 22.1. The highest BCUT2D eigenvalue weighted by Crippen LogP contribution is 2.30. The number of carbonyl (C=O) groups is 1. The van der Waals surface area contributed by atoms with Gasteiger partial charge in [0.05, 0.1) is 18.4 Å². The lowest BCUT2D eigenvalue weighted by atomic mass is 10.1. The van der Waals surface area contributed by atoms with Gasteiger partial charge < -0.3 is 21.1 Å². The van der Waals surface area contributed by atoms with Gasteiger partial charge in [-0.1, -0.05) is 0 Å². The van der Waals surface area contributed by atoms with Gasteiger partial charge in [-0.25, -0.2) is 23.7 Å². The van der Waals surface area contributed by atoms with E-state index in [1.165, 1.54) is 23.0 Å². The van der Waals surface area contributed by atoms with Crippen LogP contribution in [0.4, 0.5) is 16.0 Å². The molecule has 0 bridgehead atoms. The van der Waals surface area contributed by atoms with Crippen molar-refractivity contribution < 1.29 is 14.3 Å². The van der Waals surface area contributed by atoms with Gasteiger partial charge >= 0.3 is 5.97 Å². The van der Waals surface area contributed by atoms with Crippen LogP contribution in [0.15, 0.2) is 30.7 Å². The van der Waals surface area contributed by atoms with E-state index < -0.39 is 11.8 Å². The molecule has 2 unspecified atom stereocenters. The molecule has 4 N–H and O–H groups in total. The number of halogens is 1. The van der Waals surface area contributed by atoms with Gasteiger partial charge in [-0.2, -0.15) is 5.10 Å². The fourth-order valence-corrected chi connectivity index (χ4v) is 3.65. The SMILES string of the molecule is CC(Nc1ccn2ncc(C(=O)O)c2n1)c1cc(F)cnc1N1CCC(CN)C1. The highest BCUT2D eigenvalue weighted by Gasteiger charge is 2.26. The number of carboxylic acid groups (broad SMARTS) is 1. The van der Waals surface area contributed by atoms with E-state index in [0.29, 0.717) is 23.8 Å². The van der Waals surface area contributed by atoms with Gasteiger partial charge in [0.1, 0.15) is 23.0 Å². The molecule has 3 aromatic heterocycles. The number of aromatic carboxylic acids is 1. The van der Waals surface area contributed by atoms with Crippen LogP contribution in [-0.4, -0.2) is 50.3 Å². The van der Waals surface area contributed by atoms with E-state index >= 15 is 0 Å². The molecule has 0 amide bonds. The average molecular weight is 399 g/mol. The highest BCUT2D eigenvalue weighted by atomic mass is 19.1. The van der Waals surface area contributed by atoms with Gasteiger partial charge in [-0.3, -0.25) is 0 Å². The zero-order valence-corrected chi connectivity index (χ0v) is 15.9. The molecule has 2 atom stereocenters. The van der Waals surface area contributed by atoms with Crippen molar-refractivity contribution >= 4 is 23.3 Å². The summed E-state index contributed by atoms with van der Waals surface area (Å²) in [6.45, 7) is 4.11. The van der Waals surface area contributed by atoms with Crippen molar-refractivity contribution in [3.63, 3.8) is 0 Å². The van der Waals surface area contributed by atoms with Crippen molar-refractivity contribution in [1.82, 2.24) is 19.6 Å². The highest BCUT2D eigenvalue weighted by molar-refractivity contribution is 5.94. The third kappa shape index (κ3) is 3.70. The van der Waals surface area contributed by atoms with Gasteiger partial charge in [0.25, 0.3) is 0 Å². The molecule has 29 heavy (non-hydrogen) atoms. The second kappa shape index (κ2) is 7.63. The molecule has 4 rings (SSSR count). The maximum Gasteiger partial charge on any atom is 0.341 e. The Morgan fingerprint density at radius 1 is 1.48 bits per heavy atom. The smallest absolute Gasteiger partial charge is 0.341 e. The van der Waals surface area contributed by atoms with E-state index in [2.05, 4.69) is 25.3 Å². The zero-order valence-electron chi connectivity index (χ0n) is 15.9. The molecule has 0 aliphatic carbocycles. The molecule has 10 heteroatoms. The molecule has 0 saturated carbocycles. The van der Waals surface area contributed by atoms with Crippen LogP contribution in [0.1, 0.15) is 35.3 Å². The van der Waals surface area contributed by atoms with Crippen molar-refractivity contribution in [1.29, 1.82) is 0 Å². The van der Waals surface area contributed by atoms with Crippen LogP contribution in [0.5, 0.6) is 0 Å². The molecule has 0 aromatic carbocycles. The summed E-state index contributed by atoms with van der Waals surface area (Å²) in [6, 6.07) is 2.85. The maximum absolute atomic E-state index is 14.0. The van der Waals surface area contributed by atoms with Crippen LogP contribution in [0.2, 0.25) is 0 Å². The molecule has 1 aliphatic rings. The number of nitrogens with two attached hydrogens (primary N) is 1. The number of hydrogen-bond donors (Lipinski definition) is 3. The van der Waals surface area contributed by atoms with Crippen LogP contribution in [-0.2, 0) is 0 Å². The average Bonchev–Trinajstić information content (AvgIpc) is 3.34. The molecule has 9 nitrogen and oxygen atoms in total. The number of nitrogens with zero attached hydrogens (tertiary/aromatic N) is 5. The molecular weight excluding hydrogens is 377 g/mol. The van der Waals surface area contributed by atoms with E-state index in [9.17, 15) is 14.3 Å². The number of aromatic nitrogens is 4. The second-order valence-corrected chi connectivity index (χ2v) is 7.21. The van der Waals surface area contributed by atoms with Crippen molar-refractivity contribution in [3.05, 3.63) is 47.7 Å². The second-order valence-electron chi connectivity index (χ2n) is 7.21. The Labute approximate surface area is 166 Å². The number of pyridine rings is 1.